The van der Waals surface area contributed by atoms with E-state index < -0.39 is 17.9 Å². The first-order valence-electron chi connectivity index (χ1n) is 8.52. The van der Waals surface area contributed by atoms with E-state index in [1.165, 1.54) is 26.4 Å². The van der Waals surface area contributed by atoms with E-state index in [-0.39, 0.29) is 29.8 Å². The molecule has 0 aromatic heterocycles. The molecule has 0 spiro atoms. The predicted octanol–water partition coefficient (Wildman–Crippen LogP) is 2.18. The lowest BCUT2D eigenvalue weighted by atomic mass is 9.83. The minimum absolute atomic E-state index is 0.0167. The lowest BCUT2D eigenvalue weighted by Gasteiger charge is -2.22. The van der Waals surface area contributed by atoms with Crippen LogP contribution in [0.1, 0.15) is 17.2 Å². The number of benzene rings is 2. The lowest BCUT2D eigenvalue weighted by molar-refractivity contribution is -0.141. The van der Waals surface area contributed by atoms with Crippen molar-refractivity contribution in [2.45, 2.75) is 12.5 Å². The van der Waals surface area contributed by atoms with Gasteiger partial charge in [0.1, 0.15) is 0 Å². The third-order valence-corrected chi connectivity index (χ3v) is 4.89. The largest absolute Gasteiger partial charge is 0.504 e. The molecule has 0 amide bonds. The molecule has 0 radical (unpaired) electrons. The molecular formula is C20H22O7. The summed E-state index contributed by atoms with van der Waals surface area (Å²) in [6, 6.07) is 9.44. The van der Waals surface area contributed by atoms with Crippen molar-refractivity contribution >= 4 is 5.97 Å². The van der Waals surface area contributed by atoms with Crippen molar-refractivity contribution in [1.29, 1.82) is 0 Å². The zero-order chi connectivity index (χ0) is 19.6. The number of cyclic esters (lactones) is 1. The molecule has 7 nitrogen and oxygen atoms in total. The second-order valence-corrected chi connectivity index (χ2v) is 6.49. The maximum absolute atomic E-state index is 12.2. The zero-order valence-corrected chi connectivity index (χ0v) is 15.1. The quantitative estimate of drug-likeness (QED) is 0.666. The summed E-state index contributed by atoms with van der Waals surface area (Å²) >= 11 is 0. The van der Waals surface area contributed by atoms with Gasteiger partial charge in [0.15, 0.2) is 23.0 Å². The normalized spacial score (nSPS) is 20.2. The number of aliphatic hydroxyl groups excluding tert-OH is 1. The molecule has 3 rings (SSSR count). The van der Waals surface area contributed by atoms with Crippen LogP contribution in [0.5, 0.6) is 23.0 Å². The van der Waals surface area contributed by atoms with Gasteiger partial charge in [-0.1, -0.05) is 12.1 Å². The van der Waals surface area contributed by atoms with E-state index in [0.29, 0.717) is 17.7 Å². The highest BCUT2D eigenvalue weighted by atomic mass is 16.5. The van der Waals surface area contributed by atoms with Crippen LogP contribution >= 0.6 is 0 Å². The van der Waals surface area contributed by atoms with Crippen LogP contribution < -0.4 is 9.47 Å². The number of hydrogen-bond acceptors (Lipinski definition) is 7. The van der Waals surface area contributed by atoms with Gasteiger partial charge in [0, 0.05) is 5.92 Å². The van der Waals surface area contributed by atoms with Gasteiger partial charge in [0.05, 0.1) is 32.8 Å². The summed E-state index contributed by atoms with van der Waals surface area (Å²) in [6.07, 6.45) is -0.623. The van der Waals surface area contributed by atoms with E-state index in [4.69, 9.17) is 14.2 Å². The molecule has 2 aromatic rings. The third kappa shape index (κ3) is 3.78. The second kappa shape index (κ2) is 7.75. The number of phenols is 2. The highest BCUT2D eigenvalue weighted by Gasteiger charge is 2.41. The first kappa shape index (κ1) is 18.8. The van der Waals surface area contributed by atoms with Gasteiger partial charge in [-0.25, -0.2) is 0 Å². The van der Waals surface area contributed by atoms with Crippen LogP contribution in [0.25, 0.3) is 0 Å². The summed E-state index contributed by atoms with van der Waals surface area (Å²) < 4.78 is 15.4. The number of carbonyl (C=O) groups is 1. The smallest absolute Gasteiger partial charge is 0.309 e. The van der Waals surface area contributed by atoms with Crippen molar-refractivity contribution in [3.8, 4) is 23.0 Å². The molecule has 1 aliphatic rings. The third-order valence-electron chi connectivity index (χ3n) is 4.89. The molecule has 3 atom stereocenters. The molecule has 7 heteroatoms. The van der Waals surface area contributed by atoms with Gasteiger partial charge < -0.3 is 29.5 Å². The van der Waals surface area contributed by atoms with E-state index in [2.05, 4.69) is 0 Å². The number of hydrogen-bond donors (Lipinski definition) is 3. The van der Waals surface area contributed by atoms with Gasteiger partial charge in [-0.3, -0.25) is 4.79 Å². The molecule has 3 N–H and O–H groups in total. The molecule has 1 saturated heterocycles. The lowest BCUT2D eigenvalue weighted by Crippen LogP contribution is -2.24. The molecule has 3 unspecified atom stereocenters. The fraction of sp³-hybridized carbons (Fsp3) is 0.350. The summed E-state index contributed by atoms with van der Waals surface area (Å²) in [5.74, 6) is -0.823. The van der Waals surface area contributed by atoms with Gasteiger partial charge >= 0.3 is 5.97 Å². The summed E-state index contributed by atoms with van der Waals surface area (Å²) in [6.45, 7) is 0.100. The highest BCUT2D eigenvalue weighted by molar-refractivity contribution is 5.75. The van der Waals surface area contributed by atoms with Crippen LogP contribution in [0.4, 0.5) is 0 Å². The minimum Gasteiger partial charge on any atom is -0.504 e. The number of aliphatic hydroxyl groups is 1. The summed E-state index contributed by atoms with van der Waals surface area (Å²) in [5, 5.41) is 30.3. The minimum atomic E-state index is -0.963. The van der Waals surface area contributed by atoms with Crippen molar-refractivity contribution in [2.24, 2.45) is 11.8 Å². The van der Waals surface area contributed by atoms with Crippen LogP contribution in [0, 0.1) is 11.8 Å². The SMILES string of the molecule is COc1cc(CC2C(=O)OCC2C(O)c2ccc(O)c(OC)c2)ccc1O. The zero-order valence-electron chi connectivity index (χ0n) is 15.1. The van der Waals surface area contributed by atoms with E-state index >= 15 is 0 Å². The Hall–Kier alpha value is -2.93. The van der Waals surface area contributed by atoms with Crippen LogP contribution in [0.2, 0.25) is 0 Å². The molecule has 27 heavy (non-hydrogen) atoms. The second-order valence-electron chi connectivity index (χ2n) is 6.49. The van der Waals surface area contributed by atoms with Crippen molar-refractivity contribution in [2.75, 3.05) is 20.8 Å². The number of ether oxygens (including phenoxy) is 3. The standard InChI is InChI=1S/C20H22O7/c1-25-17-8-11(3-5-15(17)21)7-13-14(10-27-20(13)24)19(23)12-4-6-16(22)18(9-12)26-2/h3-6,8-9,13-14,19,21-23H,7,10H2,1-2H3. The fourth-order valence-corrected chi connectivity index (χ4v) is 3.35. The highest BCUT2D eigenvalue weighted by Crippen LogP contribution is 2.39. The number of methoxy groups -OCH3 is 2. The van der Waals surface area contributed by atoms with E-state index in [0.717, 1.165) is 5.56 Å². The Bertz CT molecular complexity index is 833. The molecule has 0 bridgehead atoms. The first-order chi connectivity index (χ1) is 12.9. The Kier molecular flexibility index (Phi) is 5.41. The average Bonchev–Trinajstić information content (AvgIpc) is 3.03. The maximum Gasteiger partial charge on any atom is 0.309 e. The maximum atomic E-state index is 12.2. The molecule has 0 saturated carbocycles. The number of carbonyl (C=O) groups excluding carboxylic acids is 1. The molecule has 0 aliphatic carbocycles. The summed E-state index contributed by atoms with van der Waals surface area (Å²) in [4.78, 5) is 12.2. The van der Waals surface area contributed by atoms with Crippen LogP contribution in [0.3, 0.4) is 0 Å². The topological polar surface area (TPSA) is 105 Å². The molecular weight excluding hydrogens is 352 g/mol. The Labute approximate surface area is 156 Å². The fourth-order valence-electron chi connectivity index (χ4n) is 3.35. The van der Waals surface area contributed by atoms with Crippen LogP contribution in [0.15, 0.2) is 36.4 Å². The number of aromatic hydroxyl groups is 2. The molecule has 144 valence electrons. The molecule has 1 aliphatic heterocycles. The Morgan fingerprint density at radius 1 is 1.07 bits per heavy atom. The monoisotopic (exact) mass is 374 g/mol. The number of esters is 1. The van der Waals surface area contributed by atoms with Crippen molar-refractivity contribution in [3.63, 3.8) is 0 Å². The molecule has 2 aromatic carbocycles. The summed E-state index contributed by atoms with van der Waals surface area (Å²) in [5.41, 5.74) is 1.32. The Morgan fingerprint density at radius 3 is 2.37 bits per heavy atom. The van der Waals surface area contributed by atoms with Gasteiger partial charge in [-0.15, -0.1) is 0 Å². The Morgan fingerprint density at radius 2 is 1.70 bits per heavy atom. The first-order valence-corrected chi connectivity index (χ1v) is 8.52. The van der Waals surface area contributed by atoms with Gasteiger partial charge in [0.2, 0.25) is 0 Å². The van der Waals surface area contributed by atoms with Gasteiger partial charge in [-0.2, -0.15) is 0 Å². The van der Waals surface area contributed by atoms with Crippen molar-refractivity contribution in [1.82, 2.24) is 0 Å². The van der Waals surface area contributed by atoms with Gasteiger partial charge in [0.25, 0.3) is 0 Å². The summed E-state index contributed by atoms with van der Waals surface area (Å²) in [7, 11) is 2.88. The average molecular weight is 374 g/mol. The predicted molar refractivity (Wildman–Crippen MR) is 95.9 cm³/mol. The van der Waals surface area contributed by atoms with Crippen LogP contribution in [-0.2, 0) is 16.0 Å². The van der Waals surface area contributed by atoms with E-state index in [9.17, 15) is 20.1 Å². The van der Waals surface area contributed by atoms with E-state index in [1.54, 1.807) is 24.3 Å². The Balaban J connectivity index is 1.83. The van der Waals surface area contributed by atoms with Crippen molar-refractivity contribution < 1.29 is 34.3 Å². The van der Waals surface area contributed by atoms with Crippen LogP contribution in [-0.4, -0.2) is 42.1 Å². The van der Waals surface area contributed by atoms with Crippen molar-refractivity contribution in [3.05, 3.63) is 47.5 Å². The number of phenolic OH excluding ortho intramolecular Hbond substituents is 2. The van der Waals surface area contributed by atoms with E-state index in [1.807, 2.05) is 0 Å². The van der Waals surface area contributed by atoms with Gasteiger partial charge in [-0.05, 0) is 41.8 Å². The molecule has 1 heterocycles. The molecule has 1 fully saturated rings. The number of rotatable bonds is 6.